The molecule has 1 saturated carbocycles. The van der Waals surface area contributed by atoms with Crippen LogP contribution in [0.3, 0.4) is 0 Å². The Balaban J connectivity index is 1.80. The fourth-order valence-electron chi connectivity index (χ4n) is 2.79. The molecule has 1 aliphatic rings. The Morgan fingerprint density at radius 3 is 2.19 bits per heavy atom. The molecule has 2 rings (SSSR count). The van der Waals surface area contributed by atoms with Crippen LogP contribution in [0.4, 0.5) is 11.4 Å². The third kappa shape index (κ3) is 5.41. The van der Waals surface area contributed by atoms with Crippen LogP contribution in [0.5, 0.6) is 0 Å². The molecule has 1 aliphatic carbocycles. The van der Waals surface area contributed by atoms with Crippen LogP contribution in [0, 0.1) is 11.8 Å². The number of nitrogens with one attached hydrogen (secondary N) is 2. The minimum absolute atomic E-state index is 0.0121. The van der Waals surface area contributed by atoms with E-state index in [-0.39, 0.29) is 11.8 Å². The second kappa shape index (κ2) is 8.06. The van der Waals surface area contributed by atoms with Crippen LogP contribution < -0.4 is 10.6 Å². The zero-order chi connectivity index (χ0) is 15.1. The normalized spacial score (nSPS) is 16.5. The van der Waals surface area contributed by atoms with Crippen molar-refractivity contribution in [2.24, 2.45) is 11.8 Å². The molecule has 0 atom stereocenters. The molecule has 0 spiro atoms. The second-order valence-corrected chi connectivity index (χ2v) is 6.46. The van der Waals surface area contributed by atoms with E-state index in [2.05, 4.69) is 10.6 Å². The molecule has 3 nitrogen and oxygen atoms in total. The summed E-state index contributed by atoms with van der Waals surface area (Å²) < 4.78 is 0. The fourth-order valence-corrected chi connectivity index (χ4v) is 2.79. The van der Waals surface area contributed by atoms with Crippen LogP contribution in [0.1, 0.15) is 52.4 Å². The Labute approximate surface area is 128 Å². The van der Waals surface area contributed by atoms with Crippen molar-refractivity contribution < 1.29 is 4.79 Å². The number of anilines is 2. The van der Waals surface area contributed by atoms with Crippen molar-refractivity contribution in [3.05, 3.63) is 24.3 Å². The first-order valence-corrected chi connectivity index (χ1v) is 8.30. The van der Waals surface area contributed by atoms with E-state index in [0.29, 0.717) is 0 Å². The SMILES string of the molecule is CC(C)C(=O)Nc1ccc(NCC2CCCCCC2)cc1. The van der Waals surface area contributed by atoms with Crippen LogP contribution >= 0.6 is 0 Å². The van der Waals surface area contributed by atoms with Crippen LogP contribution in [0.2, 0.25) is 0 Å². The largest absolute Gasteiger partial charge is 0.385 e. The highest BCUT2D eigenvalue weighted by Crippen LogP contribution is 2.23. The summed E-state index contributed by atoms with van der Waals surface area (Å²) in [5.41, 5.74) is 2.01. The van der Waals surface area contributed by atoms with Gasteiger partial charge in [0.1, 0.15) is 0 Å². The minimum atomic E-state index is 0.0121. The number of rotatable bonds is 5. The lowest BCUT2D eigenvalue weighted by atomic mass is 10.0. The summed E-state index contributed by atoms with van der Waals surface area (Å²) in [6.07, 6.45) is 8.28. The standard InChI is InChI=1S/C18H28N2O/c1-14(2)18(21)20-17-11-9-16(10-12-17)19-13-15-7-5-3-4-6-8-15/h9-12,14-15,19H,3-8,13H2,1-2H3,(H,20,21). The smallest absolute Gasteiger partial charge is 0.226 e. The van der Waals surface area contributed by atoms with Crippen molar-refractivity contribution >= 4 is 17.3 Å². The van der Waals surface area contributed by atoms with Crippen molar-refractivity contribution in [1.29, 1.82) is 0 Å². The van der Waals surface area contributed by atoms with Gasteiger partial charge in [-0.1, -0.05) is 39.5 Å². The van der Waals surface area contributed by atoms with E-state index in [9.17, 15) is 4.79 Å². The molecule has 0 aromatic heterocycles. The first kappa shape index (κ1) is 15.9. The number of carbonyl (C=O) groups is 1. The van der Waals surface area contributed by atoms with E-state index < -0.39 is 0 Å². The highest BCUT2D eigenvalue weighted by molar-refractivity contribution is 5.92. The van der Waals surface area contributed by atoms with Gasteiger partial charge in [0.05, 0.1) is 0 Å². The molecule has 1 amide bonds. The van der Waals surface area contributed by atoms with Gasteiger partial charge in [0.15, 0.2) is 0 Å². The molecule has 116 valence electrons. The molecular formula is C18H28N2O. The number of benzene rings is 1. The van der Waals surface area contributed by atoms with Gasteiger partial charge in [0.25, 0.3) is 0 Å². The molecule has 1 aromatic carbocycles. The molecular weight excluding hydrogens is 260 g/mol. The molecule has 0 saturated heterocycles. The first-order valence-electron chi connectivity index (χ1n) is 8.30. The summed E-state index contributed by atoms with van der Waals surface area (Å²) in [7, 11) is 0. The van der Waals surface area contributed by atoms with Gasteiger partial charge in [-0.25, -0.2) is 0 Å². The van der Waals surface area contributed by atoms with Gasteiger partial charge in [-0.2, -0.15) is 0 Å². The third-order valence-electron chi connectivity index (χ3n) is 4.25. The predicted molar refractivity (Wildman–Crippen MR) is 89.6 cm³/mol. The quantitative estimate of drug-likeness (QED) is 0.773. The maximum Gasteiger partial charge on any atom is 0.226 e. The maximum absolute atomic E-state index is 11.6. The monoisotopic (exact) mass is 288 g/mol. The van der Waals surface area contributed by atoms with Crippen molar-refractivity contribution in [1.82, 2.24) is 0 Å². The summed E-state index contributed by atoms with van der Waals surface area (Å²) in [5.74, 6) is 0.889. The van der Waals surface area contributed by atoms with Crippen molar-refractivity contribution in [3.8, 4) is 0 Å². The van der Waals surface area contributed by atoms with Crippen LogP contribution in [-0.4, -0.2) is 12.5 Å². The Hall–Kier alpha value is -1.51. The van der Waals surface area contributed by atoms with Gasteiger partial charge in [-0.3, -0.25) is 4.79 Å². The van der Waals surface area contributed by atoms with Gasteiger partial charge in [0.2, 0.25) is 5.91 Å². The molecule has 21 heavy (non-hydrogen) atoms. The third-order valence-corrected chi connectivity index (χ3v) is 4.25. The van der Waals surface area contributed by atoms with E-state index in [1.807, 2.05) is 38.1 Å². The van der Waals surface area contributed by atoms with Crippen LogP contribution in [0.15, 0.2) is 24.3 Å². The molecule has 2 N–H and O–H groups in total. The molecule has 3 heteroatoms. The van der Waals surface area contributed by atoms with Gasteiger partial charge in [-0.15, -0.1) is 0 Å². The number of hydrogen-bond acceptors (Lipinski definition) is 2. The van der Waals surface area contributed by atoms with Gasteiger partial charge in [-0.05, 0) is 43.0 Å². The molecule has 0 unspecified atom stereocenters. The fraction of sp³-hybridized carbons (Fsp3) is 0.611. The average Bonchev–Trinajstić information content (AvgIpc) is 2.75. The molecule has 1 aromatic rings. The average molecular weight is 288 g/mol. The number of amides is 1. The second-order valence-electron chi connectivity index (χ2n) is 6.46. The topological polar surface area (TPSA) is 41.1 Å². The maximum atomic E-state index is 11.6. The van der Waals surface area contributed by atoms with Crippen LogP contribution in [0.25, 0.3) is 0 Å². The van der Waals surface area contributed by atoms with Crippen molar-refractivity contribution in [3.63, 3.8) is 0 Å². The highest BCUT2D eigenvalue weighted by Gasteiger charge is 2.12. The summed E-state index contributed by atoms with van der Waals surface area (Å²) in [6, 6.07) is 8.03. The summed E-state index contributed by atoms with van der Waals surface area (Å²) in [5, 5.41) is 6.45. The first-order chi connectivity index (χ1) is 10.1. The van der Waals surface area contributed by atoms with Gasteiger partial charge >= 0.3 is 0 Å². The molecule has 0 heterocycles. The van der Waals surface area contributed by atoms with Gasteiger partial charge in [0, 0.05) is 23.8 Å². The highest BCUT2D eigenvalue weighted by atomic mass is 16.1. The lowest BCUT2D eigenvalue weighted by Gasteiger charge is -2.16. The van der Waals surface area contributed by atoms with E-state index in [4.69, 9.17) is 0 Å². The van der Waals surface area contributed by atoms with Crippen LogP contribution in [-0.2, 0) is 4.79 Å². The van der Waals surface area contributed by atoms with E-state index in [1.54, 1.807) is 0 Å². The Kier molecular flexibility index (Phi) is 6.09. The lowest BCUT2D eigenvalue weighted by Crippen LogP contribution is -2.17. The number of carbonyl (C=O) groups excluding carboxylic acids is 1. The lowest BCUT2D eigenvalue weighted by molar-refractivity contribution is -0.118. The zero-order valence-electron chi connectivity index (χ0n) is 13.3. The van der Waals surface area contributed by atoms with Gasteiger partial charge < -0.3 is 10.6 Å². The zero-order valence-corrected chi connectivity index (χ0v) is 13.3. The minimum Gasteiger partial charge on any atom is -0.385 e. The van der Waals surface area contributed by atoms with E-state index in [0.717, 1.165) is 23.8 Å². The Bertz CT molecular complexity index is 431. The van der Waals surface area contributed by atoms with E-state index >= 15 is 0 Å². The summed E-state index contributed by atoms with van der Waals surface area (Å²) in [6.45, 7) is 4.87. The predicted octanol–water partition coefficient (Wildman–Crippen LogP) is 4.66. The summed E-state index contributed by atoms with van der Waals surface area (Å²) >= 11 is 0. The molecule has 0 aliphatic heterocycles. The van der Waals surface area contributed by atoms with Crippen molar-refractivity contribution in [2.45, 2.75) is 52.4 Å². The Morgan fingerprint density at radius 2 is 1.62 bits per heavy atom. The molecule has 0 bridgehead atoms. The molecule has 1 fully saturated rings. The van der Waals surface area contributed by atoms with E-state index in [1.165, 1.54) is 38.5 Å². The Morgan fingerprint density at radius 1 is 1.05 bits per heavy atom. The van der Waals surface area contributed by atoms with Crippen molar-refractivity contribution in [2.75, 3.05) is 17.2 Å². The number of hydrogen-bond donors (Lipinski definition) is 2. The molecule has 0 radical (unpaired) electrons. The summed E-state index contributed by atoms with van der Waals surface area (Å²) in [4.78, 5) is 11.6.